The van der Waals surface area contributed by atoms with Gasteiger partial charge in [-0.2, -0.15) is 0 Å². The predicted octanol–water partition coefficient (Wildman–Crippen LogP) is 4.90. The molecule has 2 aromatic carbocycles. The Morgan fingerprint density at radius 1 is 0.792 bits per heavy atom. The van der Waals surface area contributed by atoms with Crippen molar-refractivity contribution in [1.82, 2.24) is 9.97 Å². The minimum absolute atomic E-state index is 0.694. The Kier molecular flexibility index (Phi) is 3.71. The van der Waals surface area contributed by atoms with Crippen LogP contribution in [0.1, 0.15) is 17.0 Å². The molecule has 0 spiro atoms. The molecule has 4 rings (SSSR count). The van der Waals surface area contributed by atoms with Gasteiger partial charge in [-0.05, 0) is 12.5 Å². The van der Waals surface area contributed by atoms with Gasteiger partial charge in [0.1, 0.15) is 11.5 Å². The summed E-state index contributed by atoms with van der Waals surface area (Å²) in [6.45, 7) is 1.94. The van der Waals surface area contributed by atoms with Gasteiger partial charge in [-0.1, -0.05) is 54.6 Å². The van der Waals surface area contributed by atoms with E-state index in [0.29, 0.717) is 6.42 Å². The van der Waals surface area contributed by atoms with Crippen LogP contribution in [0.15, 0.2) is 76.2 Å². The molecule has 0 amide bonds. The number of hydrogen-bond acceptors (Lipinski definition) is 4. The van der Waals surface area contributed by atoms with Gasteiger partial charge in [-0.15, -0.1) is 0 Å². The van der Waals surface area contributed by atoms with Crippen molar-refractivity contribution in [2.75, 3.05) is 0 Å². The van der Waals surface area contributed by atoms with Gasteiger partial charge < -0.3 is 8.83 Å². The van der Waals surface area contributed by atoms with Crippen molar-refractivity contribution >= 4 is 0 Å². The Labute approximate surface area is 139 Å². The second-order valence-electron chi connectivity index (χ2n) is 5.63. The zero-order valence-corrected chi connectivity index (χ0v) is 13.3. The molecule has 2 aromatic heterocycles. The van der Waals surface area contributed by atoms with Gasteiger partial charge in [0.2, 0.25) is 0 Å². The fraction of sp³-hybridized carbons (Fsp3) is 0.100. The van der Waals surface area contributed by atoms with E-state index in [2.05, 4.69) is 22.1 Å². The number of aryl methyl sites for hydroxylation is 1. The van der Waals surface area contributed by atoms with Gasteiger partial charge in [-0.25, -0.2) is 9.97 Å². The summed E-state index contributed by atoms with van der Waals surface area (Å²) in [6, 6.07) is 18.3. The number of benzene rings is 2. The third-order valence-corrected chi connectivity index (χ3v) is 4.01. The summed E-state index contributed by atoms with van der Waals surface area (Å²) in [4.78, 5) is 8.49. The lowest BCUT2D eigenvalue weighted by Crippen LogP contribution is -1.90. The van der Waals surface area contributed by atoms with E-state index in [1.165, 1.54) is 12.8 Å². The first-order valence-electron chi connectivity index (χ1n) is 7.78. The van der Waals surface area contributed by atoms with Crippen LogP contribution in [0.25, 0.3) is 22.6 Å². The molecule has 4 aromatic rings. The molecule has 0 unspecified atom stereocenters. The van der Waals surface area contributed by atoms with Gasteiger partial charge in [0.05, 0.1) is 5.69 Å². The maximum atomic E-state index is 5.60. The Morgan fingerprint density at radius 2 is 1.54 bits per heavy atom. The molecule has 24 heavy (non-hydrogen) atoms. The molecule has 4 nitrogen and oxygen atoms in total. The molecule has 0 fully saturated rings. The van der Waals surface area contributed by atoms with Crippen LogP contribution in [-0.4, -0.2) is 9.97 Å². The predicted molar refractivity (Wildman–Crippen MR) is 91.4 cm³/mol. The topological polar surface area (TPSA) is 52.1 Å². The van der Waals surface area contributed by atoms with Crippen LogP contribution in [0, 0.1) is 6.92 Å². The number of oxazole rings is 2. The van der Waals surface area contributed by atoms with Crippen LogP contribution in [0.2, 0.25) is 0 Å². The van der Waals surface area contributed by atoms with Gasteiger partial charge >= 0.3 is 0 Å². The van der Waals surface area contributed by atoms with E-state index in [4.69, 9.17) is 8.83 Å². The summed E-state index contributed by atoms with van der Waals surface area (Å²) in [6.07, 6.45) is 3.67. The Bertz CT molecular complexity index is 937. The molecule has 0 N–H and O–H groups in total. The van der Waals surface area contributed by atoms with Crippen LogP contribution in [0.3, 0.4) is 0 Å². The van der Waals surface area contributed by atoms with E-state index in [9.17, 15) is 0 Å². The molecule has 4 heteroatoms. The van der Waals surface area contributed by atoms with Crippen molar-refractivity contribution in [3.63, 3.8) is 0 Å². The first-order chi connectivity index (χ1) is 11.8. The fourth-order valence-corrected chi connectivity index (χ4v) is 2.77. The molecule has 118 valence electrons. The van der Waals surface area contributed by atoms with E-state index in [-0.39, 0.29) is 0 Å². The first-order valence-corrected chi connectivity index (χ1v) is 7.78. The second-order valence-corrected chi connectivity index (χ2v) is 5.63. The molecular weight excluding hydrogens is 300 g/mol. The summed E-state index contributed by atoms with van der Waals surface area (Å²) in [5, 5.41) is 0. The van der Waals surface area contributed by atoms with Crippen molar-refractivity contribution in [2.45, 2.75) is 13.3 Å². The highest BCUT2D eigenvalue weighted by molar-refractivity contribution is 5.62. The number of rotatable bonds is 4. The van der Waals surface area contributed by atoms with Crippen LogP contribution < -0.4 is 0 Å². The Balaban J connectivity index is 1.59. The summed E-state index contributed by atoms with van der Waals surface area (Å²) in [5.74, 6) is 1.68. The molecule has 2 heterocycles. The van der Waals surface area contributed by atoms with Crippen LogP contribution in [0.5, 0.6) is 0 Å². The molecule has 0 aliphatic rings. The van der Waals surface area contributed by atoms with Crippen LogP contribution in [-0.2, 0) is 6.42 Å². The lowest BCUT2D eigenvalue weighted by atomic mass is 10.0. The zero-order chi connectivity index (χ0) is 16.4. The highest BCUT2D eigenvalue weighted by Crippen LogP contribution is 2.26. The Hall–Kier alpha value is -3.14. The van der Waals surface area contributed by atoms with E-state index < -0.39 is 0 Å². The third kappa shape index (κ3) is 2.74. The summed E-state index contributed by atoms with van der Waals surface area (Å²) >= 11 is 0. The average Bonchev–Trinajstić information content (AvgIpc) is 3.25. The van der Waals surface area contributed by atoms with Crippen LogP contribution in [0.4, 0.5) is 0 Å². The zero-order valence-electron chi connectivity index (χ0n) is 13.3. The van der Waals surface area contributed by atoms with Crippen molar-refractivity contribution < 1.29 is 8.83 Å². The summed E-state index contributed by atoms with van der Waals surface area (Å²) in [7, 11) is 0. The van der Waals surface area contributed by atoms with Gasteiger partial charge in [0, 0.05) is 17.5 Å². The number of nitrogens with zero attached hydrogens (tertiary/aromatic N) is 2. The summed E-state index contributed by atoms with van der Waals surface area (Å²) in [5.41, 5.74) is 5.03. The third-order valence-electron chi connectivity index (χ3n) is 4.01. The number of aromatic nitrogens is 2. The largest absolute Gasteiger partial charge is 0.447 e. The molecule has 0 aliphatic heterocycles. The van der Waals surface area contributed by atoms with Crippen LogP contribution >= 0.6 is 0 Å². The maximum absolute atomic E-state index is 5.60. The Morgan fingerprint density at radius 3 is 2.25 bits per heavy atom. The molecule has 0 radical (unpaired) electrons. The minimum Gasteiger partial charge on any atom is -0.447 e. The molecule has 0 saturated carbocycles. The molecule has 0 bridgehead atoms. The molecule has 0 aliphatic carbocycles. The minimum atomic E-state index is 0.694. The van der Waals surface area contributed by atoms with E-state index in [1.807, 2.05) is 49.4 Å². The van der Waals surface area contributed by atoms with Gasteiger partial charge in [0.15, 0.2) is 18.5 Å². The van der Waals surface area contributed by atoms with E-state index in [0.717, 1.165) is 39.6 Å². The van der Waals surface area contributed by atoms with Gasteiger partial charge in [0.25, 0.3) is 0 Å². The quantitative estimate of drug-likeness (QED) is 0.537. The normalized spacial score (nSPS) is 10.9. The highest BCUT2D eigenvalue weighted by atomic mass is 16.3. The van der Waals surface area contributed by atoms with Crippen molar-refractivity contribution in [3.8, 4) is 22.6 Å². The lowest BCUT2D eigenvalue weighted by molar-refractivity contribution is 0.515. The fourth-order valence-electron chi connectivity index (χ4n) is 2.77. The standard InChI is InChI=1S/C20H16N2O2/c1-14-20(24-12-21-14)17-9-7-15(8-10-17)11-18-19(22-13-23-18)16-5-3-2-4-6-16/h2-10,12-13H,11H2,1H3. The number of hydrogen-bond donors (Lipinski definition) is 0. The summed E-state index contributed by atoms with van der Waals surface area (Å²) < 4.78 is 11.0. The van der Waals surface area contributed by atoms with Crippen molar-refractivity contribution in [1.29, 1.82) is 0 Å². The van der Waals surface area contributed by atoms with Crippen molar-refractivity contribution in [3.05, 3.63) is 84.4 Å². The van der Waals surface area contributed by atoms with Crippen molar-refractivity contribution in [2.24, 2.45) is 0 Å². The molecule has 0 atom stereocenters. The lowest BCUT2D eigenvalue weighted by Gasteiger charge is -2.04. The molecular formula is C20H16N2O2. The highest BCUT2D eigenvalue weighted by Gasteiger charge is 2.12. The maximum Gasteiger partial charge on any atom is 0.181 e. The molecule has 0 saturated heterocycles. The van der Waals surface area contributed by atoms with E-state index in [1.54, 1.807) is 0 Å². The monoisotopic (exact) mass is 316 g/mol. The average molecular weight is 316 g/mol. The smallest absolute Gasteiger partial charge is 0.181 e. The first kappa shape index (κ1) is 14.5. The van der Waals surface area contributed by atoms with E-state index >= 15 is 0 Å². The second kappa shape index (κ2) is 6.16. The SMILES string of the molecule is Cc1ncoc1-c1ccc(Cc2ocnc2-c2ccccc2)cc1. The van der Waals surface area contributed by atoms with Gasteiger partial charge in [-0.3, -0.25) is 0 Å².